The Balaban J connectivity index is 1.47. The molecule has 0 aliphatic rings. The average Bonchev–Trinajstić information content (AvgIpc) is 3.09. The van der Waals surface area contributed by atoms with Crippen molar-refractivity contribution in [3.05, 3.63) is 60.2 Å². The van der Waals surface area contributed by atoms with Crippen molar-refractivity contribution < 1.29 is 14.7 Å². The third kappa shape index (κ3) is 6.75. The summed E-state index contributed by atoms with van der Waals surface area (Å²) in [5.74, 6) is 0.140. The molecule has 0 bridgehead atoms. The molecular weight excluding hydrogens is 416 g/mol. The van der Waals surface area contributed by atoms with Crippen LogP contribution in [0.3, 0.4) is 0 Å². The summed E-state index contributed by atoms with van der Waals surface area (Å²) in [6, 6.07) is 16.7. The normalized spacial score (nSPS) is 11.5. The quantitative estimate of drug-likeness (QED) is 0.278. The molecule has 0 saturated carbocycles. The molecule has 2 aromatic carbocycles. The molecule has 33 heavy (non-hydrogen) atoms. The summed E-state index contributed by atoms with van der Waals surface area (Å²) in [6.45, 7) is 5.51. The first-order valence-electron chi connectivity index (χ1n) is 11.6. The van der Waals surface area contributed by atoms with Gasteiger partial charge in [-0.2, -0.15) is 0 Å². The topological polar surface area (TPSA) is 96.0 Å². The maximum Gasteiger partial charge on any atom is 0.264 e. The standard InChI is InChI=1S/C26H32N4O3/c1-19(2)16-18-30-22-14-9-8-13-21(22)24(26(30)33)29-28-23(31)15-7-4-10-17-27-25(32)20-11-5-3-6-12-20/h3,5-6,8-9,11-14,19,33H,4,7,10,15-18H2,1-2H3,(H,27,32). The second-order valence-electron chi connectivity index (χ2n) is 8.55. The molecular formula is C26H32N4O3. The van der Waals surface area contributed by atoms with Crippen LogP contribution in [-0.2, 0) is 11.3 Å². The number of para-hydroxylation sites is 1. The van der Waals surface area contributed by atoms with E-state index in [9.17, 15) is 14.7 Å². The Morgan fingerprint density at radius 1 is 1.00 bits per heavy atom. The number of nitrogens with one attached hydrogen (secondary N) is 1. The Morgan fingerprint density at radius 3 is 2.48 bits per heavy atom. The van der Waals surface area contributed by atoms with Crippen LogP contribution in [0.4, 0.5) is 5.69 Å². The van der Waals surface area contributed by atoms with Gasteiger partial charge in [0.2, 0.25) is 5.88 Å². The first-order valence-corrected chi connectivity index (χ1v) is 11.6. The molecule has 0 aliphatic carbocycles. The van der Waals surface area contributed by atoms with Crippen LogP contribution in [0, 0.1) is 5.92 Å². The number of benzene rings is 2. The zero-order valence-electron chi connectivity index (χ0n) is 19.3. The summed E-state index contributed by atoms with van der Waals surface area (Å²) in [5, 5.41) is 22.3. The summed E-state index contributed by atoms with van der Waals surface area (Å²) in [4.78, 5) is 24.2. The lowest BCUT2D eigenvalue weighted by atomic mass is 10.1. The smallest absolute Gasteiger partial charge is 0.264 e. The number of hydrogen-bond acceptors (Lipinski definition) is 4. The second kappa shape index (κ2) is 11.9. The van der Waals surface area contributed by atoms with Crippen molar-refractivity contribution in [2.75, 3.05) is 6.54 Å². The van der Waals surface area contributed by atoms with Crippen molar-refractivity contribution in [2.24, 2.45) is 16.1 Å². The Bertz CT molecular complexity index is 1100. The van der Waals surface area contributed by atoms with Gasteiger partial charge in [-0.1, -0.05) is 56.7 Å². The number of azo groups is 1. The van der Waals surface area contributed by atoms with Crippen molar-refractivity contribution in [3.63, 3.8) is 0 Å². The zero-order valence-corrected chi connectivity index (χ0v) is 19.3. The highest BCUT2D eigenvalue weighted by molar-refractivity contribution is 5.95. The van der Waals surface area contributed by atoms with Gasteiger partial charge in [-0.05, 0) is 43.4 Å². The third-order valence-corrected chi connectivity index (χ3v) is 5.50. The molecule has 1 heterocycles. The van der Waals surface area contributed by atoms with Gasteiger partial charge in [0.1, 0.15) is 0 Å². The van der Waals surface area contributed by atoms with Crippen molar-refractivity contribution >= 4 is 28.4 Å². The van der Waals surface area contributed by atoms with Crippen LogP contribution in [0.15, 0.2) is 64.8 Å². The van der Waals surface area contributed by atoms with Gasteiger partial charge in [-0.3, -0.25) is 9.59 Å². The first-order chi connectivity index (χ1) is 16.0. The molecule has 0 spiro atoms. The summed E-state index contributed by atoms with van der Waals surface area (Å²) in [7, 11) is 0. The minimum Gasteiger partial charge on any atom is -0.493 e. The molecule has 0 saturated heterocycles. The molecule has 3 aromatic rings. The fourth-order valence-corrected chi connectivity index (χ4v) is 3.61. The molecule has 0 unspecified atom stereocenters. The van der Waals surface area contributed by atoms with Crippen molar-refractivity contribution in [3.8, 4) is 5.88 Å². The largest absolute Gasteiger partial charge is 0.493 e. The van der Waals surface area contributed by atoms with E-state index in [0.29, 0.717) is 36.7 Å². The van der Waals surface area contributed by atoms with Gasteiger partial charge in [0.15, 0.2) is 5.69 Å². The number of carbonyl (C=O) groups is 2. The van der Waals surface area contributed by atoms with Gasteiger partial charge < -0.3 is 15.0 Å². The van der Waals surface area contributed by atoms with Gasteiger partial charge in [-0.25, -0.2) is 0 Å². The number of aryl methyl sites for hydroxylation is 1. The summed E-state index contributed by atoms with van der Waals surface area (Å²) < 4.78 is 1.83. The van der Waals surface area contributed by atoms with E-state index < -0.39 is 0 Å². The molecule has 2 N–H and O–H groups in total. The second-order valence-corrected chi connectivity index (χ2v) is 8.55. The van der Waals surface area contributed by atoms with Crippen molar-refractivity contribution in [2.45, 2.75) is 52.5 Å². The predicted molar refractivity (Wildman–Crippen MR) is 130 cm³/mol. The van der Waals surface area contributed by atoms with Gasteiger partial charge >= 0.3 is 0 Å². The van der Waals surface area contributed by atoms with E-state index >= 15 is 0 Å². The van der Waals surface area contributed by atoms with Crippen LogP contribution >= 0.6 is 0 Å². The van der Waals surface area contributed by atoms with Crippen LogP contribution in [-0.4, -0.2) is 28.0 Å². The Hall–Kier alpha value is -3.48. The maximum absolute atomic E-state index is 12.2. The van der Waals surface area contributed by atoms with E-state index in [1.165, 1.54) is 0 Å². The molecule has 7 nitrogen and oxygen atoms in total. The number of carbonyl (C=O) groups excluding carboxylic acids is 2. The fourth-order valence-electron chi connectivity index (χ4n) is 3.61. The number of aromatic hydroxyl groups is 1. The van der Waals surface area contributed by atoms with Crippen LogP contribution in [0.5, 0.6) is 5.88 Å². The number of nitrogens with zero attached hydrogens (tertiary/aromatic N) is 3. The highest BCUT2D eigenvalue weighted by atomic mass is 16.3. The lowest BCUT2D eigenvalue weighted by Crippen LogP contribution is -2.24. The number of fused-ring (bicyclic) bond motifs is 1. The number of unbranched alkanes of at least 4 members (excludes halogenated alkanes) is 2. The van der Waals surface area contributed by atoms with Gasteiger partial charge in [-0.15, -0.1) is 10.2 Å². The maximum atomic E-state index is 12.2. The monoisotopic (exact) mass is 448 g/mol. The summed E-state index contributed by atoms with van der Waals surface area (Å²) in [6.07, 6.45) is 3.46. The van der Waals surface area contributed by atoms with Crippen LogP contribution in [0.2, 0.25) is 0 Å². The molecule has 2 amide bonds. The number of amides is 2. The SMILES string of the molecule is CC(C)CCn1c(O)c(N=NC(=O)CCCCCNC(=O)c2ccccc2)c2ccccc21. The van der Waals surface area contributed by atoms with Crippen LogP contribution < -0.4 is 5.32 Å². The predicted octanol–water partition coefficient (Wildman–Crippen LogP) is 5.99. The number of hydrogen-bond donors (Lipinski definition) is 2. The molecule has 0 atom stereocenters. The van der Waals surface area contributed by atoms with E-state index in [1.54, 1.807) is 12.1 Å². The first kappa shape index (κ1) is 24.2. The van der Waals surface area contributed by atoms with Gasteiger partial charge in [0.25, 0.3) is 11.8 Å². The fraction of sp³-hybridized carbons (Fsp3) is 0.385. The van der Waals surface area contributed by atoms with E-state index in [4.69, 9.17) is 0 Å². The Kier molecular flexibility index (Phi) is 8.75. The summed E-state index contributed by atoms with van der Waals surface area (Å²) >= 11 is 0. The lowest BCUT2D eigenvalue weighted by molar-refractivity contribution is -0.118. The van der Waals surface area contributed by atoms with E-state index in [1.807, 2.05) is 47.0 Å². The zero-order chi connectivity index (χ0) is 23.6. The highest BCUT2D eigenvalue weighted by Crippen LogP contribution is 2.39. The minimum atomic E-state index is -0.318. The van der Waals surface area contributed by atoms with Crippen LogP contribution in [0.25, 0.3) is 10.9 Å². The molecule has 0 radical (unpaired) electrons. The number of rotatable bonds is 11. The van der Waals surface area contributed by atoms with E-state index in [2.05, 4.69) is 29.4 Å². The highest BCUT2D eigenvalue weighted by Gasteiger charge is 2.16. The molecule has 3 rings (SSSR count). The average molecular weight is 449 g/mol. The van der Waals surface area contributed by atoms with Crippen molar-refractivity contribution in [1.29, 1.82) is 0 Å². The third-order valence-electron chi connectivity index (χ3n) is 5.50. The van der Waals surface area contributed by atoms with Gasteiger partial charge in [0.05, 0.1) is 5.52 Å². The number of aromatic nitrogens is 1. The minimum absolute atomic E-state index is 0.0440. The molecule has 7 heteroatoms. The Morgan fingerprint density at radius 2 is 1.73 bits per heavy atom. The molecule has 0 aliphatic heterocycles. The summed E-state index contributed by atoms with van der Waals surface area (Å²) in [5.41, 5.74) is 1.86. The van der Waals surface area contributed by atoms with Gasteiger partial charge in [0, 0.05) is 30.5 Å². The van der Waals surface area contributed by atoms with E-state index in [0.717, 1.165) is 30.2 Å². The Labute approximate surface area is 194 Å². The molecule has 1 aromatic heterocycles. The van der Waals surface area contributed by atoms with Crippen molar-refractivity contribution in [1.82, 2.24) is 9.88 Å². The lowest BCUT2D eigenvalue weighted by Gasteiger charge is -2.08. The molecule has 174 valence electrons. The van der Waals surface area contributed by atoms with Crippen LogP contribution in [0.1, 0.15) is 56.3 Å². The molecule has 0 fully saturated rings. The van der Waals surface area contributed by atoms with E-state index in [-0.39, 0.29) is 24.1 Å².